The Bertz CT molecular complexity index is 870. The molecule has 0 aromatic carbocycles. The van der Waals surface area contributed by atoms with Crippen molar-refractivity contribution >= 4 is 5.97 Å². The molecule has 4 heteroatoms. The summed E-state index contributed by atoms with van der Waals surface area (Å²) in [6.45, 7) is 5.30. The van der Waals surface area contributed by atoms with Crippen LogP contribution in [0.5, 0.6) is 0 Å². The minimum atomic E-state index is -0.544. The second-order valence-electron chi connectivity index (χ2n) is 15.1. The normalized spacial score (nSPS) is 12.9. The van der Waals surface area contributed by atoms with E-state index in [-0.39, 0.29) is 19.2 Å². The molecule has 0 radical (unpaired) electrons. The van der Waals surface area contributed by atoms with E-state index in [4.69, 9.17) is 9.47 Å². The number of hydrogen-bond acceptors (Lipinski definition) is 4. The fourth-order valence-corrected chi connectivity index (χ4v) is 6.37. The molecule has 0 rings (SSSR count). The zero-order valence-electron chi connectivity index (χ0n) is 35.3. The van der Waals surface area contributed by atoms with E-state index in [0.29, 0.717) is 13.0 Å². The van der Waals surface area contributed by atoms with Crippen LogP contribution in [0.2, 0.25) is 0 Å². The molecule has 308 valence electrons. The van der Waals surface area contributed by atoms with Crippen molar-refractivity contribution in [1.82, 2.24) is 0 Å². The zero-order valence-corrected chi connectivity index (χ0v) is 35.3. The molecular weight excluding hydrogens is 653 g/mol. The largest absolute Gasteiger partial charge is 0.457 e. The Morgan fingerprint density at radius 3 is 1.23 bits per heavy atom. The molecule has 0 aliphatic heterocycles. The molecule has 1 N–H and O–H groups in total. The first-order valence-electron chi connectivity index (χ1n) is 22.9. The van der Waals surface area contributed by atoms with Crippen LogP contribution in [0.3, 0.4) is 0 Å². The van der Waals surface area contributed by atoms with E-state index in [1.807, 2.05) is 0 Å². The van der Waals surface area contributed by atoms with Gasteiger partial charge in [0.15, 0.2) is 0 Å². The van der Waals surface area contributed by atoms with Crippen LogP contribution in [0.15, 0.2) is 60.8 Å². The predicted octanol–water partition coefficient (Wildman–Crippen LogP) is 15.2. The minimum Gasteiger partial charge on any atom is -0.457 e. The van der Waals surface area contributed by atoms with Crippen molar-refractivity contribution < 1.29 is 19.4 Å². The molecule has 1 unspecified atom stereocenters. The second-order valence-corrected chi connectivity index (χ2v) is 15.1. The predicted molar refractivity (Wildman–Crippen MR) is 233 cm³/mol. The maximum absolute atomic E-state index is 12.2. The molecule has 0 aliphatic rings. The molecule has 1 atom stereocenters. The third-order valence-corrected chi connectivity index (χ3v) is 9.82. The molecule has 4 nitrogen and oxygen atoms in total. The maximum atomic E-state index is 12.2. The van der Waals surface area contributed by atoms with Gasteiger partial charge < -0.3 is 14.6 Å². The number of ether oxygens (including phenoxy) is 2. The number of esters is 1. The number of carbonyl (C=O) groups excluding carboxylic acids is 1. The van der Waals surface area contributed by atoms with Gasteiger partial charge in [0.05, 0.1) is 13.2 Å². The Kier molecular flexibility index (Phi) is 44.6. The van der Waals surface area contributed by atoms with E-state index in [1.54, 1.807) is 0 Å². The number of hydrogen-bond donors (Lipinski definition) is 1. The van der Waals surface area contributed by atoms with Crippen molar-refractivity contribution in [1.29, 1.82) is 0 Å². The fourth-order valence-electron chi connectivity index (χ4n) is 6.37. The molecule has 0 aromatic rings. The number of allylic oxidation sites excluding steroid dienone is 10. The van der Waals surface area contributed by atoms with Crippen LogP contribution >= 0.6 is 0 Å². The van der Waals surface area contributed by atoms with Crippen LogP contribution in [0.4, 0.5) is 0 Å². The summed E-state index contributed by atoms with van der Waals surface area (Å²) in [4.78, 5) is 12.2. The third-order valence-electron chi connectivity index (χ3n) is 9.82. The topological polar surface area (TPSA) is 55.8 Å². The van der Waals surface area contributed by atoms with Gasteiger partial charge in [0.1, 0.15) is 6.10 Å². The number of aliphatic hydroxyl groups is 1. The lowest BCUT2D eigenvalue weighted by molar-refractivity contribution is -0.154. The van der Waals surface area contributed by atoms with Gasteiger partial charge in [-0.15, -0.1) is 0 Å². The van der Waals surface area contributed by atoms with E-state index < -0.39 is 6.10 Å². The van der Waals surface area contributed by atoms with Crippen LogP contribution in [0.25, 0.3) is 0 Å². The lowest BCUT2D eigenvalue weighted by Gasteiger charge is -2.16. The van der Waals surface area contributed by atoms with Gasteiger partial charge in [-0.2, -0.15) is 0 Å². The average molecular weight is 741 g/mol. The smallest absolute Gasteiger partial charge is 0.306 e. The Hall–Kier alpha value is -1.91. The van der Waals surface area contributed by atoms with E-state index in [9.17, 15) is 9.90 Å². The molecule has 0 fully saturated rings. The summed E-state index contributed by atoms with van der Waals surface area (Å²) in [5, 5.41) is 9.62. The molecule has 0 saturated heterocycles. The van der Waals surface area contributed by atoms with E-state index in [0.717, 1.165) is 38.5 Å². The Morgan fingerprint density at radius 1 is 0.453 bits per heavy atom. The number of unbranched alkanes of at least 4 members (excludes halogenated alkanes) is 24. The molecule has 0 aliphatic carbocycles. The molecule has 0 aromatic heterocycles. The van der Waals surface area contributed by atoms with Gasteiger partial charge >= 0.3 is 5.97 Å². The molecule has 0 saturated carbocycles. The number of carbonyl (C=O) groups is 1. The summed E-state index contributed by atoms with van der Waals surface area (Å²) in [5.41, 5.74) is 0. The van der Waals surface area contributed by atoms with Gasteiger partial charge in [0.2, 0.25) is 0 Å². The number of rotatable bonds is 42. The minimum absolute atomic E-state index is 0.179. The first-order valence-corrected chi connectivity index (χ1v) is 22.9. The summed E-state index contributed by atoms with van der Waals surface area (Å²) in [7, 11) is 0. The third kappa shape index (κ3) is 44.4. The number of aliphatic hydroxyl groups excluding tert-OH is 1. The summed E-state index contributed by atoms with van der Waals surface area (Å²) in [5.74, 6) is -0.210. The van der Waals surface area contributed by atoms with Crippen LogP contribution in [0, 0.1) is 0 Å². The lowest BCUT2D eigenvalue weighted by Crippen LogP contribution is -2.27. The van der Waals surface area contributed by atoms with Gasteiger partial charge in [0, 0.05) is 13.0 Å². The summed E-state index contributed by atoms with van der Waals surface area (Å²) in [6, 6.07) is 0. The standard InChI is InChI=1S/C49H88O4/c1-3-5-7-9-11-13-15-17-19-21-23-24-25-26-27-28-30-32-34-36-38-40-42-44-49(51)53-48(46-50)47-52-45-43-41-39-37-35-33-31-29-22-20-18-16-14-12-10-8-6-4-2/h12,14-15,17-18,20-21,23,25-26,48,50H,3-11,13,16,19,22,24,27-47H2,1-2H3/b14-12-,17-15-,20-18-,23-21-,26-25-. The van der Waals surface area contributed by atoms with Crippen molar-refractivity contribution in [3.8, 4) is 0 Å². The second kappa shape index (κ2) is 46.2. The molecule has 0 spiro atoms. The van der Waals surface area contributed by atoms with E-state index in [2.05, 4.69) is 74.6 Å². The lowest BCUT2D eigenvalue weighted by atomic mass is 10.1. The Morgan fingerprint density at radius 2 is 0.792 bits per heavy atom. The van der Waals surface area contributed by atoms with Crippen LogP contribution in [-0.2, 0) is 14.3 Å². The fraction of sp³-hybridized carbons (Fsp3) is 0.776. The van der Waals surface area contributed by atoms with Crippen LogP contribution in [-0.4, -0.2) is 37.0 Å². The summed E-state index contributed by atoms with van der Waals surface area (Å²) < 4.78 is 11.2. The average Bonchev–Trinajstić information content (AvgIpc) is 3.16. The van der Waals surface area contributed by atoms with Crippen molar-refractivity contribution in [2.45, 2.75) is 225 Å². The Labute approximate surface area is 330 Å². The van der Waals surface area contributed by atoms with Crippen molar-refractivity contribution in [3.05, 3.63) is 60.8 Å². The zero-order chi connectivity index (χ0) is 38.4. The molecule has 0 heterocycles. The highest BCUT2D eigenvalue weighted by molar-refractivity contribution is 5.69. The first kappa shape index (κ1) is 51.1. The van der Waals surface area contributed by atoms with E-state index >= 15 is 0 Å². The SMILES string of the molecule is CCCCC/C=C\C/C=C\CCCCCCCCCCOCC(CO)OC(=O)CCCCCCCCCC/C=C\C/C=C\C/C=C\CCCCCCC. The molecule has 0 amide bonds. The van der Waals surface area contributed by atoms with Crippen molar-refractivity contribution in [2.24, 2.45) is 0 Å². The summed E-state index contributed by atoms with van der Waals surface area (Å²) >= 11 is 0. The van der Waals surface area contributed by atoms with Gasteiger partial charge in [-0.1, -0.05) is 190 Å². The quantitative estimate of drug-likeness (QED) is 0.0385. The van der Waals surface area contributed by atoms with Crippen molar-refractivity contribution in [3.63, 3.8) is 0 Å². The van der Waals surface area contributed by atoms with Crippen LogP contribution < -0.4 is 0 Å². The first-order chi connectivity index (χ1) is 26.2. The highest BCUT2D eigenvalue weighted by Crippen LogP contribution is 2.13. The van der Waals surface area contributed by atoms with Gasteiger partial charge in [0.25, 0.3) is 0 Å². The Balaban J connectivity index is 3.47. The highest BCUT2D eigenvalue weighted by atomic mass is 16.6. The van der Waals surface area contributed by atoms with Gasteiger partial charge in [-0.25, -0.2) is 0 Å². The van der Waals surface area contributed by atoms with Crippen LogP contribution in [0.1, 0.15) is 219 Å². The monoisotopic (exact) mass is 741 g/mol. The van der Waals surface area contributed by atoms with Gasteiger partial charge in [-0.05, 0) is 83.5 Å². The molecule has 53 heavy (non-hydrogen) atoms. The van der Waals surface area contributed by atoms with Gasteiger partial charge in [-0.3, -0.25) is 4.79 Å². The van der Waals surface area contributed by atoms with Crippen molar-refractivity contribution in [2.75, 3.05) is 19.8 Å². The maximum Gasteiger partial charge on any atom is 0.306 e. The van der Waals surface area contributed by atoms with E-state index in [1.165, 1.54) is 161 Å². The highest BCUT2D eigenvalue weighted by Gasteiger charge is 2.13. The molecular formula is C49H88O4. The summed E-state index contributed by atoms with van der Waals surface area (Å²) in [6.07, 6.45) is 61.4. The molecule has 0 bridgehead atoms.